The van der Waals surface area contributed by atoms with Crippen molar-refractivity contribution in [2.75, 3.05) is 0 Å². The molecule has 0 fully saturated rings. The van der Waals surface area contributed by atoms with E-state index in [0.29, 0.717) is 12.8 Å². The van der Waals surface area contributed by atoms with Crippen molar-refractivity contribution in [2.45, 2.75) is 52.4 Å². The van der Waals surface area contributed by atoms with Gasteiger partial charge in [0.15, 0.2) is 0 Å². The Morgan fingerprint density at radius 1 is 0.553 bits per heavy atom. The predicted molar refractivity (Wildman–Crippen MR) is 156 cm³/mol. The highest BCUT2D eigenvalue weighted by molar-refractivity contribution is 6.03. The molecule has 38 heavy (non-hydrogen) atoms. The number of fused-ring (bicyclic) bond motifs is 2. The van der Waals surface area contributed by atoms with E-state index in [2.05, 4.69) is 69.6 Å². The molecule has 4 aromatic rings. The van der Waals surface area contributed by atoms with Crippen LogP contribution < -0.4 is 10.9 Å². The Morgan fingerprint density at radius 2 is 0.947 bits per heavy atom. The molecule has 0 atom stereocenters. The fraction of sp³-hybridized carbons (Fsp3) is 0.250. The minimum Gasteiger partial charge on any atom is -0.273 e. The van der Waals surface area contributed by atoms with E-state index in [1.54, 1.807) is 0 Å². The number of carbonyl (C=O) groups is 2. The van der Waals surface area contributed by atoms with Crippen molar-refractivity contribution in [3.05, 3.63) is 96.1 Å². The third-order valence-corrected chi connectivity index (χ3v) is 6.59. The highest BCUT2D eigenvalue weighted by Crippen LogP contribution is 2.17. The quantitative estimate of drug-likeness (QED) is 0.135. The summed E-state index contributed by atoms with van der Waals surface area (Å²) in [5.41, 5.74) is 8.83. The van der Waals surface area contributed by atoms with Crippen LogP contribution in [0.1, 0.15) is 63.5 Å². The van der Waals surface area contributed by atoms with Gasteiger partial charge in [0, 0.05) is 12.8 Å². The fourth-order valence-electron chi connectivity index (χ4n) is 4.29. The Kier molecular flexibility index (Phi) is 9.35. The molecule has 0 aliphatic rings. The molecule has 0 unspecified atom stereocenters. The van der Waals surface area contributed by atoms with Crippen molar-refractivity contribution < 1.29 is 9.59 Å². The lowest BCUT2D eigenvalue weighted by atomic mass is 10.0. The number of benzene rings is 4. The number of hydrogen-bond donors (Lipinski definition) is 2. The zero-order chi connectivity index (χ0) is 26.7. The van der Waals surface area contributed by atoms with E-state index in [-0.39, 0.29) is 11.8 Å². The molecule has 6 nitrogen and oxygen atoms in total. The van der Waals surface area contributed by atoms with Crippen molar-refractivity contribution in [3.63, 3.8) is 0 Å². The first-order valence-corrected chi connectivity index (χ1v) is 13.1. The van der Waals surface area contributed by atoms with Crippen LogP contribution in [0.5, 0.6) is 0 Å². The van der Waals surface area contributed by atoms with Gasteiger partial charge in [0.25, 0.3) is 0 Å². The van der Waals surface area contributed by atoms with Crippen molar-refractivity contribution in [2.24, 2.45) is 10.2 Å². The van der Waals surface area contributed by atoms with Gasteiger partial charge in [-0.05, 0) is 71.5 Å². The molecule has 2 amide bonds. The van der Waals surface area contributed by atoms with E-state index in [1.807, 2.05) is 50.2 Å². The van der Waals surface area contributed by atoms with E-state index in [0.717, 1.165) is 59.0 Å². The number of unbranched alkanes of at least 4 members (excludes halogenated alkanes) is 3. The Bertz CT molecular complexity index is 1380. The molecule has 0 aliphatic heterocycles. The topological polar surface area (TPSA) is 82.9 Å². The van der Waals surface area contributed by atoms with Gasteiger partial charge in [-0.2, -0.15) is 10.2 Å². The van der Waals surface area contributed by atoms with Gasteiger partial charge >= 0.3 is 0 Å². The van der Waals surface area contributed by atoms with E-state index >= 15 is 0 Å². The third kappa shape index (κ3) is 7.59. The molecular weight excluding hydrogens is 472 g/mol. The zero-order valence-electron chi connectivity index (χ0n) is 22.0. The van der Waals surface area contributed by atoms with Crippen molar-refractivity contribution in [1.82, 2.24) is 10.9 Å². The molecule has 0 bridgehead atoms. The van der Waals surface area contributed by atoms with Crippen molar-refractivity contribution in [1.29, 1.82) is 0 Å². The predicted octanol–water partition coefficient (Wildman–Crippen LogP) is 6.71. The van der Waals surface area contributed by atoms with Gasteiger partial charge in [-0.3, -0.25) is 9.59 Å². The number of carbonyl (C=O) groups excluding carboxylic acids is 2. The SMILES string of the molecule is CC(=NNC(=O)CCCCCCC(=O)NN=C(C)c1ccc2ccccc2c1)c1ccc2ccccc2c1. The molecule has 0 saturated heterocycles. The Morgan fingerprint density at radius 3 is 1.37 bits per heavy atom. The second-order valence-corrected chi connectivity index (χ2v) is 9.50. The number of nitrogens with zero attached hydrogens (tertiary/aromatic N) is 2. The molecular formula is C32H34N4O2. The maximum absolute atomic E-state index is 12.2. The maximum Gasteiger partial charge on any atom is 0.240 e. The number of amides is 2. The standard InChI is InChI=1S/C32H34N4O2/c1-23(27-19-17-25-11-7-9-13-29(25)21-27)33-35-31(37)15-5-3-4-6-16-32(38)36-34-24(2)28-20-18-26-12-8-10-14-30(26)22-28/h7-14,17-22H,3-6,15-16H2,1-2H3,(H,35,37)(H,36,38). The van der Waals surface area contributed by atoms with Crippen LogP contribution in [0.2, 0.25) is 0 Å². The summed E-state index contributed by atoms with van der Waals surface area (Å²) >= 11 is 0. The molecule has 0 heterocycles. The number of nitrogens with one attached hydrogen (secondary N) is 2. The van der Waals surface area contributed by atoms with Gasteiger partial charge in [-0.15, -0.1) is 0 Å². The molecule has 0 spiro atoms. The Labute approximate surface area is 223 Å². The monoisotopic (exact) mass is 506 g/mol. The summed E-state index contributed by atoms with van der Waals surface area (Å²) in [6, 6.07) is 28.6. The Balaban J connectivity index is 1.11. The van der Waals surface area contributed by atoms with Crippen LogP contribution in [0, 0.1) is 0 Å². The first-order valence-electron chi connectivity index (χ1n) is 13.1. The molecule has 2 N–H and O–H groups in total. The molecule has 0 aromatic heterocycles. The van der Waals surface area contributed by atoms with Crippen LogP contribution in [0.4, 0.5) is 0 Å². The first-order chi connectivity index (χ1) is 18.5. The molecule has 6 heteroatoms. The highest BCUT2D eigenvalue weighted by Gasteiger charge is 2.05. The average Bonchev–Trinajstić information content (AvgIpc) is 2.95. The lowest BCUT2D eigenvalue weighted by Gasteiger charge is -2.06. The summed E-state index contributed by atoms with van der Waals surface area (Å²) in [5, 5.41) is 13.2. The first kappa shape index (κ1) is 26.7. The number of hydrogen-bond acceptors (Lipinski definition) is 4. The molecule has 0 radical (unpaired) electrons. The molecule has 0 saturated carbocycles. The lowest BCUT2D eigenvalue weighted by molar-refractivity contribution is -0.122. The molecule has 4 aromatic carbocycles. The van der Waals surface area contributed by atoms with E-state index < -0.39 is 0 Å². The second-order valence-electron chi connectivity index (χ2n) is 9.50. The number of hydrazone groups is 2. The van der Waals surface area contributed by atoms with Crippen LogP contribution in [-0.4, -0.2) is 23.2 Å². The van der Waals surface area contributed by atoms with Crippen LogP contribution in [-0.2, 0) is 9.59 Å². The van der Waals surface area contributed by atoms with E-state index in [1.165, 1.54) is 10.8 Å². The van der Waals surface area contributed by atoms with E-state index in [4.69, 9.17) is 0 Å². The summed E-state index contributed by atoms with van der Waals surface area (Å²) in [6.45, 7) is 3.78. The smallest absolute Gasteiger partial charge is 0.240 e. The van der Waals surface area contributed by atoms with Crippen LogP contribution in [0.25, 0.3) is 21.5 Å². The summed E-state index contributed by atoms with van der Waals surface area (Å²) in [4.78, 5) is 24.3. The normalized spacial score (nSPS) is 12.1. The Hall–Kier alpha value is -4.32. The van der Waals surface area contributed by atoms with Gasteiger partial charge < -0.3 is 0 Å². The van der Waals surface area contributed by atoms with Crippen LogP contribution >= 0.6 is 0 Å². The van der Waals surface area contributed by atoms with Gasteiger partial charge in [0.1, 0.15) is 0 Å². The van der Waals surface area contributed by atoms with Gasteiger partial charge in [0.05, 0.1) is 11.4 Å². The van der Waals surface area contributed by atoms with Gasteiger partial charge in [0.2, 0.25) is 11.8 Å². The van der Waals surface area contributed by atoms with Crippen LogP contribution in [0.15, 0.2) is 95.1 Å². The average molecular weight is 507 g/mol. The second kappa shape index (κ2) is 13.3. The molecule has 4 rings (SSSR count). The van der Waals surface area contributed by atoms with Gasteiger partial charge in [-0.1, -0.05) is 85.6 Å². The van der Waals surface area contributed by atoms with Crippen molar-refractivity contribution in [3.8, 4) is 0 Å². The lowest BCUT2D eigenvalue weighted by Crippen LogP contribution is -2.19. The fourth-order valence-corrected chi connectivity index (χ4v) is 4.29. The summed E-state index contributed by atoms with van der Waals surface area (Å²) in [5.74, 6) is -0.192. The van der Waals surface area contributed by atoms with Crippen LogP contribution in [0.3, 0.4) is 0 Å². The highest BCUT2D eigenvalue weighted by atomic mass is 16.2. The van der Waals surface area contributed by atoms with E-state index in [9.17, 15) is 9.59 Å². The molecule has 0 aliphatic carbocycles. The zero-order valence-corrected chi connectivity index (χ0v) is 22.0. The van der Waals surface area contributed by atoms with Gasteiger partial charge in [-0.25, -0.2) is 10.9 Å². The minimum atomic E-state index is -0.0959. The number of rotatable bonds is 11. The largest absolute Gasteiger partial charge is 0.273 e. The maximum atomic E-state index is 12.2. The minimum absolute atomic E-state index is 0.0959. The third-order valence-electron chi connectivity index (χ3n) is 6.59. The molecule has 194 valence electrons. The van der Waals surface area contributed by atoms with Crippen molar-refractivity contribution >= 4 is 44.8 Å². The summed E-state index contributed by atoms with van der Waals surface area (Å²) in [6.07, 6.45) is 4.11. The summed E-state index contributed by atoms with van der Waals surface area (Å²) < 4.78 is 0. The summed E-state index contributed by atoms with van der Waals surface area (Å²) in [7, 11) is 0.